The van der Waals surface area contributed by atoms with Crippen molar-refractivity contribution in [3.63, 3.8) is 0 Å². The van der Waals surface area contributed by atoms with Gasteiger partial charge in [0.15, 0.2) is 11.5 Å². The average Bonchev–Trinajstić information content (AvgIpc) is 2.66. The predicted molar refractivity (Wildman–Crippen MR) is 106 cm³/mol. The minimum absolute atomic E-state index is 0.345. The van der Waals surface area contributed by atoms with Crippen molar-refractivity contribution in [3.8, 4) is 11.5 Å². The van der Waals surface area contributed by atoms with Gasteiger partial charge in [0.25, 0.3) is 0 Å². The van der Waals surface area contributed by atoms with Crippen molar-refractivity contribution in [2.75, 3.05) is 20.8 Å². The quantitative estimate of drug-likeness (QED) is 0.284. The monoisotopic (exact) mass is 370 g/mol. The van der Waals surface area contributed by atoms with Gasteiger partial charge in [-0.25, -0.2) is 4.79 Å². The molecule has 0 aliphatic carbocycles. The fourth-order valence-corrected chi connectivity index (χ4v) is 3.03. The molecule has 136 valence electrons. The second-order valence-electron chi connectivity index (χ2n) is 5.16. The van der Waals surface area contributed by atoms with Gasteiger partial charge in [0.05, 0.1) is 20.8 Å². The molecule has 0 radical (unpaired) electrons. The van der Waals surface area contributed by atoms with Crippen LogP contribution in [0.25, 0.3) is 6.08 Å². The largest absolute Gasteiger partial charge is 0.493 e. The van der Waals surface area contributed by atoms with Crippen LogP contribution < -0.4 is 9.47 Å². The molecule has 0 spiro atoms. The molecule has 2 aromatic carbocycles. The summed E-state index contributed by atoms with van der Waals surface area (Å²) in [6.07, 6.45) is 5.30. The summed E-state index contributed by atoms with van der Waals surface area (Å²) in [6.45, 7) is 2.13. The van der Waals surface area contributed by atoms with E-state index in [1.54, 1.807) is 21.1 Å². The van der Waals surface area contributed by atoms with Gasteiger partial charge in [-0.05, 0) is 42.8 Å². The zero-order valence-electron chi connectivity index (χ0n) is 15.1. The number of benzene rings is 2. The first-order valence-electron chi connectivity index (χ1n) is 8.17. The minimum atomic E-state index is -0.358. The zero-order valence-corrected chi connectivity index (χ0v) is 15.9. The summed E-state index contributed by atoms with van der Waals surface area (Å²) in [5, 5.41) is 0. The van der Waals surface area contributed by atoms with Gasteiger partial charge >= 0.3 is 5.97 Å². The Morgan fingerprint density at radius 2 is 1.77 bits per heavy atom. The predicted octanol–water partition coefficient (Wildman–Crippen LogP) is 4.96. The van der Waals surface area contributed by atoms with Gasteiger partial charge in [-0.2, -0.15) is 0 Å². The Morgan fingerprint density at radius 1 is 1.04 bits per heavy atom. The molecule has 0 aliphatic heterocycles. The topological polar surface area (TPSA) is 44.8 Å². The van der Waals surface area contributed by atoms with Crippen LogP contribution in [0.2, 0.25) is 0 Å². The lowest BCUT2D eigenvalue weighted by molar-refractivity contribution is -0.137. The fourth-order valence-electron chi connectivity index (χ4n) is 2.17. The van der Waals surface area contributed by atoms with Crippen molar-refractivity contribution < 1.29 is 19.0 Å². The van der Waals surface area contributed by atoms with Crippen molar-refractivity contribution in [1.29, 1.82) is 0 Å². The Hall–Kier alpha value is -2.66. The first kappa shape index (κ1) is 19.7. The van der Waals surface area contributed by atoms with E-state index in [0.717, 1.165) is 15.4 Å². The minimum Gasteiger partial charge on any atom is -0.493 e. The smallest absolute Gasteiger partial charge is 0.331 e. The molecule has 0 saturated carbocycles. The summed E-state index contributed by atoms with van der Waals surface area (Å²) >= 11 is 1.50. The lowest BCUT2D eigenvalue weighted by atomic mass is 10.2. The second kappa shape index (κ2) is 10.4. The maximum Gasteiger partial charge on any atom is 0.331 e. The summed E-state index contributed by atoms with van der Waals surface area (Å²) in [4.78, 5) is 13.7. The molecule has 0 aliphatic rings. The van der Waals surface area contributed by atoms with Crippen LogP contribution in [0.3, 0.4) is 0 Å². The highest BCUT2D eigenvalue weighted by Crippen LogP contribution is 2.30. The van der Waals surface area contributed by atoms with Crippen LogP contribution in [0.4, 0.5) is 0 Å². The molecule has 2 aromatic rings. The SMILES string of the molecule is CCOC(=O)/C=C(/C=C/c1ccc(OC)c(OC)c1)Sc1ccccc1. The van der Waals surface area contributed by atoms with E-state index in [4.69, 9.17) is 14.2 Å². The van der Waals surface area contributed by atoms with E-state index in [0.29, 0.717) is 18.1 Å². The number of allylic oxidation sites excluding steroid dienone is 1. The van der Waals surface area contributed by atoms with E-state index in [1.807, 2.05) is 60.7 Å². The van der Waals surface area contributed by atoms with Gasteiger partial charge in [-0.15, -0.1) is 0 Å². The third-order valence-electron chi connectivity index (χ3n) is 3.37. The number of rotatable bonds is 8. The Morgan fingerprint density at radius 3 is 2.42 bits per heavy atom. The third kappa shape index (κ3) is 6.01. The highest BCUT2D eigenvalue weighted by Gasteiger charge is 2.05. The van der Waals surface area contributed by atoms with Gasteiger partial charge in [0, 0.05) is 15.9 Å². The van der Waals surface area contributed by atoms with Crippen molar-refractivity contribution in [1.82, 2.24) is 0 Å². The second-order valence-corrected chi connectivity index (χ2v) is 6.31. The van der Waals surface area contributed by atoms with Crippen LogP contribution in [0.1, 0.15) is 12.5 Å². The number of carbonyl (C=O) groups is 1. The molecule has 0 heterocycles. The van der Waals surface area contributed by atoms with Gasteiger partial charge < -0.3 is 14.2 Å². The molecule has 0 unspecified atom stereocenters. The maximum atomic E-state index is 11.9. The molecule has 0 saturated heterocycles. The Bertz CT molecular complexity index is 782. The number of hydrogen-bond acceptors (Lipinski definition) is 5. The van der Waals surface area contributed by atoms with Gasteiger partial charge in [0.1, 0.15) is 0 Å². The molecule has 5 heteroatoms. The zero-order chi connectivity index (χ0) is 18.8. The number of carbonyl (C=O) groups excluding carboxylic acids is 1. The van der Waals surface area contributed by atoms with Crippen LogP contribution in [0.5, 0.6) is 11.5 Å². The van der Waals surface area contributed by atoms with Crippen LogP contribution in [-0.4, -0.2) is 26.8 Å². The third-order valence-corrected chi connectivity index (χ3v) is 4.37. The summed E-state index contributed by atoms with van der Waals surface area (Å²) in [6, 6.07) is 15.5. The van der Waals surface area contributed by atoms with E-state index in [-0.39, 0.29) is 5.97 Å². The first-order chi connectivity index (χ1) is 12.7. The molecule has 0 amide bonds. The van der Waals surface area contributed by atoms with Crippen LogP contribution in [0.15, 0.2) is 70.5 Å². The molecule has 0 bridgehead atoms. The van der Waals surface area contributed by atoms with Gasteiger partial charge in [-0.3, -0.25) is 0 Å². The molecule has 0 fully saturated rings. The summed E-state index contributed by atoms with van der Waals surface area (Å²) in [5.41, 5.74) is 0.936. The molecule has 0 N–H and O–H groups in total. The van der Waals surface area contributed by atoms with Gasteiger partial charge in [0.2, 0.25) is 0 Å². The first-order valence-corrected chi connectivity index (χ1v) is 8.99. The van der Waals surface area contributed by atoms with E-state index < -0.39 is 0 Å². The normalized spacial score (nSPS) is 11.4. The van der Waals surface area contributed by atoms with Crippen LogP contribution >= 0.6 is 11.8 Å². The number of esters is 1. The Balaban J connectivity index is 2.25. The van der Waals surface area contributed by atoms with Crippen LogP contribution in [0, 0.1) is 0 Å². The number of ether oxygens (including phenoxy) is 3. The molecule has 2 rings (SSSR count). The maximum absolute atomic E-state index is 11.9. The van der Waals surface area contributed by atoms with Crippen molar-refractivity contribution >= 4 is 23.8 Å². The van der Waals surface area contributed by atoms with E-state index >= 15 is 0 Å². The fraction of sp³-hybridized carbons (Fsp3) is 0.190. The van der Waals surface area contributed by atoms with Crippen molar-refractivity contribution in [2.45, 2.75) is 11.8 Å². The van der Waals surface area contributed by atoms with Gasteiger partial charge in [-0.1, -0.05) is 42.1 Å². The standard InChI is InChI=1S/C21H22O4S/c1-4-25-21(22)15-18(26-17-8-6-5-7-9-17)12-10-16-11-13-19(23-2)20(14-16)24-3/h5-15H,4H2,1-3H3/b12-10+,18-15-. The Kier molecular flexibility index (Phi) is 7.83. The highest BCUT2D eigenvalue weighted by molar-refractivity contribution is 8.03. The summed E-state index contributed by atoms with van der Waals surface area (Å²) in [5.74, 6) is 0.967. The van der Waals surface area contributed by atoms with E-state index in [9.17, 15) is 4.79 Å². The van der Waals surface area contributed by atoms with Crippen molar-refractivity contribution in [2.24, 2.45) is 0 Å². The molecular weight excluding hydrogens is 348 g/mol. The number of methoxy groups -OCH3 is 2. The highest BCUT2D eigenvalue weighted by atomic mass is 32.2. The lowest BCUT2D eigenvalue weighted by Gasteiger charge is -2.08. The van der Waals surface area contributed by atoms with E-state index in [1.165, 1.54) is 17.8 Å². The average molecular weight is 370 g/mol. The molecule has 4 nitrogen and oxygen atoms in total. The molecule has 0 aromatic heterocycles. The molecule has 0 atom stereocenters. The Labute approximate surface area is 158 Å². The van der Waals surface area contributed by atoms with Crippen LogP contribution in [-0.2, 0) is 9.53 Å². The number of hydrogen-bond donors (Lipinski definition) is 0. The lowest BCUT2D eigenvalue weighted by Crippen LogP contribution is -1.99. The summed E-state index contributed by atoms with van der Waals surface area (Å²) < 4.78 is 15.6. The summed E-state index contributed by atoms with van der Waals surface area (Å²) in [7, 11) is 3.20. The molecular formula is C21H22O4S. The van der Waals surface area contributed by atoms with E-state index in [2.05, 4.69) is 0 Å². The molecule has 26 heavy (non-hydrogen) atoms. The number of thioether (sulfide) groups is 1. The van der Waals surface area contributed by atoms with Crippen molar-refractivity contribution in [3.05, 3.63) is 71.2 Å².